The Labute approximate surface area is 159 Å². The van der Waals surface area contributed by atoms with Crippen LogP contribution >= 0.6 is 0 Å². The predicted molar refractivity (Wildman–Crippen MR) is 103 cm³/mol. The fourth-order valence-electron chi connectivity index (χ4n) is 2.81. The number of aromatic amines is 1. The molecule has 7 heteroatoms. The molecule has 0 aliphatic carbocycles. The second kappa shape index (κ2) is 7.40. The van der Waals surface area contributed by atoms with Crippen molar-refractivity contribution in [2.75, 3.05) is 5.32 Å². The molecule has 0 saturated heterocycles. The number of carbonyl (C=O) groups is 2. The summed E-state index contributed by atoms with van der Waals surface area (Å²) < 4.78 is 18.3. The summed E-state index contributed by atoms with van der Waals surface area (Å²) in [5.41, 5.74) is 2.55. The Kier molecular flexibility index (Phi) is 4.63. The largest absolute Gasteiger partial charge is 0.459 e. The molecule has 6 nitrogen and oxygen atoms in total. The average molecular weight is 377 g/mol. The molecular weight excluding hydrogens is 361 g/mol. The lowest BCUT2D eigenvalue weighted by molar-refractivity contribution is 0.0945. The second-order valence-electron chi connectivity index (χ2n) is 6.23. The third-order valence-corrected chi connectivity index (χ3v) is 4.24. The van der Waals surface area contributed by atoms with E-state index in [1.165, 1.54) is 18.4 Å². The van der Waals surface area contributed by atoms with Gasteiger partial charge in [0.2, 0.25) is 0 Å². The number of furan rings is 1. The Morgan fingerprint density at radius 2 is 1.82 bits per heavy atom. The Hall–Kier alpha value is -3.87. The number of H-pyrrole nitrogens is 1. The number of aromatic nitrogens is 1. The topological polar surface area (TPSA) is 87.1 Å². The Bertz CT molecular complexity index is 1130. The number of hydrogen-bond acceptors (Lipinski definition) is 3. The van der Waals surface area contributed by atoms with Crippen LogP contribution in [0.25, 0.3) is 10.9 Å². The minimum Gasteiger partial charge on any atom is -0.459 e. The molecule has 2 heterocycles. The van der Waals surface area contributed by atoms with Gasteiger partial charge in [-0.1, -0.05) is 12.1 Å². The van der Waals surface area contributed by atoms with Gasteiger partial charge in [-0.25, -0.2) is 4.39 Å². The van der Waals surface area contributed by atoms with E-state index in [1.54, 1.807) is 48.5 Å². The number of benzene rings is 2. The highest BCUT2D eigenvalue weighted by atomic mass is 19.1. The SMILES string of the molecule is O=C(NCc1ccc(NC(=O)c2ccco2)cc1)c1cc2cc(F)ccc2[nH]1. The van der Waals surface area contributed by atoms with Crippen molar-refractivity contribution in [3.63, 3.8) is 0 Å². The summed E-state index contributed by atoms with van der Waals surface area (Å²) in [4.78, 5) is 27.2. The number of anilines is 1. The van der Waals surface area contributed by atoms with E-state index >= 15 is 0 Å². The number of halogens is 1. The van der Waals surface area contributed by atoms with E-state index in [2.05, 4.69) is 15.6 Å². The summed E-state index contributed by atoms with van der Waals surface area (Å²) in [5.74, 6) is -0.736. The quantitative estimate of drug-likeness (QED) is 0.490. The van der Waals surface area contributed by atoms with Crippen molar-refractivity contribution >= 4 is 28.4 Å². The molecule has 0 saturated carbocycles. The number of rotatable bonds is 5. The standard InChI is InChI=1S/C21H16FN3O3/c22-15-5-8-17-14(10-15)11-18(25-17)20(26)23-12-13-3-6-16(7-4-13)24-21(27)19-2-1-9-28-19/h1-11,25H,12H2,(H,23,26)(H,24,27). The average Bonchev–Trinajstić information content (AvgIpc) is 3.36. The molecule has 2 aromatic carbocycles. The van der Waals surface area contributed by atoms with Gasteiger partial charge in [0.05, 0.1) is 6.26 Å². The zero-order chi connectivity index (χ0) is 19.5. The van der Waals surface area contributed by atoms with Gasteiger partial charge in [-0.15, -0.1) is 0 Å². The molecule has 2 amide bonds. The van der Waals surface area contributed by atoms with Gasteiger partial charge in [-0.2, -0.15) is 0 Å². The predicted octanol–water partition coefficient (Wildman–Crippen LogP) is 4.08. The maximum Gasteiger partial charge on any atom is 0.291 e. The molecule has 0 radical (unpaired) electrons. The van der Waals surface area contributed by atoms with Crippen LogP contribution < -0.4 is 10.6 Å². The summed E-state index contributed by atoms with van der Waals surface area (Å²) in [6.45, 7) is 0.314. The van der Waals surface area contributed by atoms with Crippen molar-refractivity contribution in [1.29, 1.82) is 0 Å². The lowest BCUT2D eigenvalue weighted by Gasteiger charge is -2.06. The molecule has 0 spiro atoms. The minimum atomic E-state index is -0.349. The van der Waals surface area contributed by atoms with Gasteiger partial charge in [0, 0.05) is 23.1 Å². The van der Waals surface area contributed by atoms with Gasteiger partial charge in [0.1, 0.15) is 11.5 Å². The van der Waals surface area contributed by atoms with Crippen molar-refractivity contribution in [3.05, 3.63) is 89.8 Å². The van der Waals surface area contributed by atoms with Gasteiger partial charge in [0.15, 0.2) is 5.76 Å². The fourth-order valence-corrected chi connectivity index (χ4v) is 2.81. The molecule has 0 unspecified atom stereocenters. The van der Waals surface area contributed by atoms with E-state index in [9.17, 15) is 14.0 Å². The van der Waals surface area contributed by atoms with Crippen LogP contribution in [0.4, 0.5) is 10.1 Å². The third kappa shape index (κ3) is 3.78. The summed E-state index contributed by atoms with van der Waals surface area (Å²) in [5, 5.41) is 6.17. The van der Waals surface area contributed by atoms with E-state index in [0.717, 1.165) is 5.56 Å². The summed E-state index contributed by atoms with van der Waals surface area (Å²) >= 11 is 0. The van der Waals surface area contributed by atoms with E-state index < -0.39 is 0 Å². The molecule has 0 bridgehead atoms. The lowest BCUT2D eigenvalue weighted by atomic mass is 10.2. The molecule has 0 aliphatic heterocycles. The van der Waals surface area contributed by atoms with Crippen molar-refractivity contribution < 1.29 is 18.4 Å². The first-order chi connectivity index (χ1) is 13.6. The van der Waals surface area contributed by atoms with Gasteiger partial charge in [-0.3, -0.25) is 9.59 Å². The zero-order valence-corrected chi connectivity index (χ0v) is 14.7. The van der Waals surface area contributed by atoms with Crippen LogP contribution in [0.5, 0.6) is 0 Å². The van der Waals surface area contributed by atoms with Crippen molar-refractivity contribution in [2.24, 2.45) is 0 Å². The number of carbonyl (C=O) groups excluding carboxylic acids is 2. The van der Waals surface area contributed by atoms with Crippen LogP contribution in [0.3, 0.4) is 0 Å². The Balaban J connectivity index is 1.36. The smallest absolute Gasteiger partial charge is 0.291 e. The van der Waals surface area contributed by atoms with E-state index in [1.807, 2.05) is 0 Å². The molecule has 3 N–H and O–H groups in total. The van der Waals surface area contributed by atoms with Crippen LogP contribution in [0, 0.1) is 5.82 Å². The number of nitrogens with one attached hydrogen (secondary N) is 3. The van der Waals surface area contributed by atoms with Crippen molar-refractivity contribution in [1.82, 2.24) is 10.3 Å². The molecule has 0 atom stereocenters. The van der Waals surface area contributed by atoms with Crippen LogP contribution in [0.15, 0.2) is 71.3 Å². The van der Waals surface area contributed by atoms with E-state index in [4.69, 9.17) is 4.42 Å². The highest BCUT2D eigenvalue weighted by Gasteiger charge is 2.11. The second-order valence-corrected chi connectivity index (χ2v) is 6.23. The molecule has 4 rings (SSSR count). The summed E-state index contributed by atoms with van der Waals surface area (Å²) in [6, 6.07) is 16.2. The summed E-state index contributed by atoms with van der Waals surface area (Å²) in [6.07, 6.45) is 1.43. The van der Waals surface area contributed by atoms with Gasteiger partial charge >= 0.3 is 0 Å². The van der Waals surface area contributed by atoms with Crippen molar-refractivity contribution in [3.8, 4) is 0 Å². The first kappa shape index (κ1) is 17.5. The zero-order valence-electron chi connectivity index (χ0n) is 14.7. The van der Waals surface area contributed by atoms with Crippen molar-refractivity contribution in [2.45, 2.75) is 6.54 Å². The lowest BCUT2D eigenvalue weighted by Crippen LogP contribution is -2.23. The van der Waals surface area contributed by atoms with Gasteiger partial charge < -0.3 is 20.0 Å². The normalized spacial score (nSPS) is 10.8. The van der Waals surface area contributed by atoms with Crippen LogP contribution in [0.2, 0.25) is 0 Å². The summed E-state index contributed by atoms with van der Waals surface area (Å²) in [7, 11) is 0. The molecule has 140 valence electrons. The van der Waals surface area contributed by atoms with Crippen LogP contribution in [-0.4, -0.2) is 16.8 Å². The highest BCUT2D eigenvalue weighted by molar-refractivity contribution is 6.02. The molecular formula is C21H16FN3O3. The Morgan fingerprint density at radius 1 is 1.00 bits per heavy atom. The molecule has 0 aliphatic rings. The maximum atomic E-state index is 13.3. The molecule has 28 heavy (non-hydrogen) atoms. The minimum absolute atomic E-state index is 0.231. The van der Waals surface area contributed by atoms with E-state index in [0.29, 0.717) is 28.8 Å². The highest BCUT2D eigenvalue weighted by Crippen LogP contribution is 2.17. The number of fused-ring (bicyclic) bond motifs is 1. The van der Waals surface area contributed by atoms with E-state index in [-0.39, 0.29) is 23.4 Å². The molecule has 4 aromatic rings. The molecule has 2 aromatic heterocycles. The Morgan fingerprint density at radius 3 is 2.57 bits per heavy atom. The van der Waals surface area contributed by atoms with Crippen LogP contribution in [0.1, 0.15) is 26.6 Å². The maximum absolute atomic E-state index is 13.3. The fraction of sp³-hybridized carbons (Fsp3) is 0.0476. The first-order valence-corrected chi connectivity index (χ1v) is 8.59. The third-order valence-electron chi connectivity index (χ3n) is 4.24. The van der Waals surface area contributed by atoms with Gasteiger partial charge in [0.25, 0.3) is 11.8 Å². The number of amides is 2. The number of hydrogen-bond donors (Lipinski definition) is 3. The monoisotopic (exact) mass is 377 g/mol. The van der Waals surface area contributed by atoms with Gasteiger partial charge in [-0.05, 0) is 54.1 Å². The van der Waals surface area contributed by atoms with Crippen LogP contribution in [-0.2, 0) is 6.54 Å². The molecule has 0 fully saturated rings. The first-order valence-electron chi connectivity index (χ1n) is 8.59.